The Balaban J connectivity index is 1.25. The number of carbonyl (C=O) groups is 2. The second-order valence-corrected chi connectivity index (χ2v) is 11.8. The van der Waals surface area contributed by atoms with Crippen LogP contribution in [0.25, 0.3) is 17.1 Å². The highest BCUT2D eigenvalue weighted by Crippen LogP contribution is 2.31. The fraction of sp³-hybridized carbons (Fsp3) is 0.484. The SMILES string of the molecule is COc1ccc(-n2c(SCC(=O)N3CCN(C(=O)CCC4CCCC4)C(C)C3)nnc2-c2cccc(OC)c2)cc1. The van der Waals surface area contributed by atoms with Gasteiger partial charge in [-0.3, -0.25) is 14.2 Å². The van der Waals surface area contributed by atoms with Gasteiger partial charge in [-0.05, 0) is 55.7 Å². The standard InChI is InChI=1S/C31H39N5O4S/c1-22-20-34(17-18-35(22)28(37)16-11-23-7-4-5-8-23)29(38)21-41-31-33-32-30(24-9-6-10-27(19-24)40-3)36(31)25-12-14-26(39-2)15-13-25/h6,9-10,12-15,19,22-23H,4-5,7-8,11,16-18,20-21H2,1-3H3. The summed E-state index contributed by atoms with van der Waals surface area (Å²) in [5.41, 5.74) is 1.72. The van der Waals surface area contributed by atoms with Crippen molar-refractivity contribution in [3.05, 3.63) is 48.5 Å². The van der Waals surface area contributed by atoms with E-state index in [0.29, 0.717) is 43.0 Å². The minimum Gasteiger partial charge on any atom is -0.497 e. The number of benzene rings is 2. The van der Waals surface area contributed by atoms with Gasteiger partial charge in [0.15, 0.2) is 11.0 Å². The number of hydrogen-bond acceptors (Lipinski definition) is 7. The Hall–Kier alpha value is -3.53. The van der Waals surface area contributed by atoms with Gasteiger partial charge in [-0.1, -0.05) is 49.6 Å². The topological polar surface area (TPSA) is 89.8 Å². The van der Waals surface area contributed by atoms with Gasteiger partial charge in [-0.25, -0.2) is 0 Å². The molecular formula is C31H39N5O4S. The maximum Gasteiger partial charge on any atom is 0.233 e. The van der Waals surface area contributed by atoms with E-state index in [4.69, 9.17) is 9.47 Å². The molecule has 1 unspecified atom stereocenters. The number of amides is 2. The highest BCUT2D eigenvalue weighted by molar-refractivity contribution is 7.99. The fourth-order valence-electron chi connectivity index (χ4n) is 5.82. The molecule has 2 aliphatic rings. The van der Waals surface area contributed by atoms with Crippen LogP contribution in [0.1, 0.15) is 45.4 Å². The molecule has 1 aliphatic carbocycles. The number of piperazine rings is 1. The van der Waals surface area contributed by atoms with Crippen LogP contribution in [0.5, 0.6) is 11.5 Å². The highest BCUT2D eigenvalue weighted by atomic mass is 32.2. The van der Waals surface area contributed by atoms with E-state index in [9.17, 15) is 9.59 Å². The quantitative estimate of drug-likeness (QED) is 0.311. The number of rotatable bonds is 10. The zero-order valence-corrected chi connectivity index (χ0v) is 24.9. The van der Waals surface area contributed by atoms with Gasteiger partial charge in [0, 0.05) is 43.3 Å². The second kappa shape index (κ2) is 13.4. The Morgan fingerprint density at radius 2 is 1.71 bits per heavy atom. The van der Waals surface area contributed by atoms with Crippen molar-refractivity contribution in [2.75, 3.05) is 39.6 Å². The predicted molar refractivity (Wildman–Crippen MR) is 160 cm³/mol. The molecule has 2 amide bonds. The van der Waals surface area contributed by atoms with E-state index < -0.39 is 0 Å². The third kappa shape index (κ3) is 6.86. The molecule has 3 aromatic rings. The molecule has 1 aliphatic heterocycles. The van der Waals surface area contributed by atoms with Gasteiger partial charge < -0.3 is 19.3 Å². The average Bonchev–Trinajstić information content (AvgIpc) is 3.69. The van der Waals surface area contributed by atoms with Gasteiger partial charge in [-0.2, -0.15) is 0 Å². The third-order valence-corrected chi connectivity index (χ3v) is 9.07. The number of aromatic nitrogens is 3. The Kier molecular flexibility index (Phi) is 9.49. The van der Waals surface area contributed by atoms with Gasteiger partial charge in [0.1, 0.15) is 11.5 Å². The fourth-order valence-corrected chi connectivity index (χ4v) is 6.67. The van der Waals surface area contributed by atoms with Crippen LogP contribution in [-0.4, -0.2) is 82.0 Å². The zero-order chi connectivity index (χ0) is 28.8. The molecule has 1 atom stereocenters. The second-order valence-electron chi connectivity index (χ2n) is 10.8. The number of methoxy groups -OCH3 is 2. The Morgan fingerprint density at radius 3 is 2.41 bits per heavy atom. The van der Waals surface area contributed by atoms with Crippen molar-refractivity contribution < 1.29 is 19.1 Å². The molecule has 1 aromatic heterocycles. The van der Waals surface area contributed by atoms with Crippen molar-refractivity contribution in [1.29, 1.82) is 0 Å². The number of nitrogens with zero attached hydrogens (tertiary/aromatic N) is 5. The highest BCUT2D eigenvalue weighted by Gasteiger charge is 2.30. The monoisotopic (exact) mass is 577 g/mol. The lowest BCUT2D eigenvalue weighted by atomic mass is 10.0. The molecule has 2 aromatic carbocycles. The van der Waals surface area contributed by atoms with Gasteiger partial charge in [0.25, 0.3) is 0 Å². The maximum absolute atomic E-state index is 13.3. The first-order valence-corrected chi connectivity index (χ1v) is 15.4. The molecule has 2 heterocycles. The Bertz CT molecular complexity index is 1340. The minimum absolute atomic E-state index is 0.0105. The summed E-state index contributed by atoms with van der Waals surface area (Å²) in [7, 11) is 3.27. The molecule has 0 N–H and O–H groups in total. The first-order valence-electron chi connectivity index (χ1n) is 14.4. The van der Waals surface area contributed by atoms with E-state index in [1.54, 1.807) is 14.2 Å². The Morgan fingerprint density at radius 1 is 0.951 bits per heavy atom. The van der Waals surface area contributed by atoms with Gasteiger partial charge in [-0.15, -0.1) is 10.2 Å². The van der Waals surface area contributed by atoms with E-state index in [2.05, 4.69) is 10.2 Å². The summed E-state index contributed by atoms with van der Waals surface area (Å²) >= 11 is 1.36. The molecule has 5 rings (SSSR count). The molecule has 0 spiro atoms. The van der Waals surface area contributed by atoms with Crippen LogP contribution in [0.3, 0.4) is 0 Å². The summed E-state index contributed by atoms with van der Waals surface area (Å²) in [6.07, 6.45) is 6.73. The molecule has 0 radical (unpaired) electrons. The first kappa shape index (κ1) is 29.0. The number of carbonyl (C=O) groups excluding carboxylic acids is 2. The lowest BCUT2D eigenvalue weighted by Crippen LogP contribution is -2.55. The summed E-state index contributed by atoms with van der Waals surface area (Å²) in [6.45, 7) is 3.73. The smallest absolute Gasteiger partial charge is 0.233 e. The normalized spacial score (nSPS) is 17.6. The molecule has 41 heavy (non-hydrogen) atoms. The molecular weight excluding hydrogens is 538 g/mol. The van der Waals surface area contributed by atoms with E-state index >= 15 is 0 Å². The molecule has 218 valence electrons. The molecule has 1 saturated carbocycles. The van der Waals surface area contributed by atoms with Crippen molar-refractivity contribution in [3.8, 4) is 28.6 Å². The van der Waals surface area contributed by atoms with Crippen molar-refractivity contribution in [3.63, 3.8) is 0 Å². The summed E-state index contributed by atoms with van der Waals surface area (Å²) in [4.78, 5) is 30.0. The van der Waals surface area contributed by atoms with E-state index in [-0.39, 0.29) is 23.6 Å². The summed E-state index contributed by atoms with van der Waals surface area (Å²) in [5.74, 6) is 3.33. The van der Waals surface area contributed by atoms with E-state index in [1.807, 2.05) is 69.8 Å². The summed E-state index contributed by atoms with van der Waals surface area (Å²) < 4.78 is 12.7. The van der Waals surface area contributed by atoms with Gasteiger partial charge in [0.05, 0.1) is 20.0 Å². The molecule has 9 nitrogen and oxygen atoms in total. The number of thioether (sulfide) groups is 1. The molecule has 2 fully saturated rings. The summed E-state index contributed by atoms with van der Waals surface area (Å²) in [5, 5.41) is 9.58. The largest absolute Gasteiger partial charge is 0.497 e. The van der Waals surface area contributed by atoms with Crippen LogP contribution in [0, 0.1) is 5.92 Å². The lowest BCUT2D eigenvalue weighted by Gasteiger charge is -2.40. The van der Waals surface area contributed by atoms with E-state index in [1.165, 1.54) is 37.4 Å². The maximum atomic E-state index is 13.3. The Labute approximate surface area is 246 Å². The van der Waals surface area contributed by atoms with Crippen molar-refractivity contribution in [2.24, 2.45) is 5.92 Å². The zero-order valence-electron chi connectivity index (χ0n) is 24.1. The van der Waals surface area contributed by atoms with Crippen LogP contribution >= 0.6 is 11.8 Å². The van der Waals surface area contributed by atoms with Crippen LogP contribution < -0.4 is 9.47 Å². The van der Waals surface area contributed by atoms with Crippen molar-refractivity contribution in [1.82, 2.24) is 24.6 Å². The predicted octanol–water partition coefficient (Wildman–Crippen LogP) is 5.07. The molecule has 10 heteroatoms. The number of ether oxygens (including phenoxy) is 2. The third-order valence-electron chi connectivity index (χ3n) is 8.16. The van der Waals surface area contributed by atoms with Gasteiger partial charge >= 0.3 is 0 Å². The molecule has 1 saturated heterocycles. The minimum atomic E-state index is 0.0105. The van der Waals surface area contributed by atoms with E-state index in [0.717, 1.165) is 29.2 Å². The first-order chi connectivity index (χ1) is 20.0. The van der Waals surface area contributed by atoms with Crippen LogP contribution in [-0.2, 0) is 9.59 Å². The number of hydrogen-bond donors (Lipinski definition) is 0. The van der Waals surface area contributed by atoms with Crippen LogP contribution in [0.2, 0.25) is 0 Å². The van der Waals surface area contributed by atoms with Crippen LogP contribution in [0.4, 0.5) is 0 Å². The average molecular weight is 578 g/mol. The lowest BCUT2D eigenvalue weighted by molar-refractivity contribution is -0.141. The molecule has 0 bridgehead atoms. The summed E-state index contributed by atoms with van der Waals surface area (Å²) in [6, 6.07) is 15.4. The van der Waals surface area contributed by atoms with Crippen molar-refractivity contribution in [2.45, 2.75) is 56.6 Å². The van der Waals surface area contributed by atoms with Crippen molar-refractivity contribution >= 4 is 23.6 Å². The van der Waals surface area contributed by atoms with Gasteiger partial charge in [0.2, 0.25) is 11.8 Å². The van der Waals surface area contributed by atoms with Crippen LogP contribution in [0.15, 0.2) is 53.7 Å².